The van der Waals surface area contributed by atoms with Gasteiger partial charge in [-0.2, -0.15) is 0 Å². The summed E-state index contributed by atoms with van der Waals surface area (Å²) in [7, 11) is 0. The largest absolute Gasteiger partial charge is 0.422 e. The summed E-state index contributed by atoms with van der Waals surface area (Å²) in [6, 6.07) is 22.0. The quantitative estimate of drug-likeness (QED) is 0.305. The molecule has 28 heavy (non-hydrogen) atoms. The zero-order valence-corrected chi connectivity index (χ0v) is 17.2. The predicted molar refractivity (Wildman–Crippen MR) is 120 cm³/mol. The van der Waals surface area contributed by atoms with Gasteiger partial charge < -0.3 is 9.73 Å². The fourth-order valence-electron chi connectivity index (χ4n) is 3.03. The zero-order valence-electron chi connectivity index (χ0n) is 15.0. The third kappa shape index (κ3) is 3.71. The number of hydrogen-bond donors (Lipinski definition) is 1. The summed E-state index contributed by atoms with van der Waals surface area (Å²) in [5, 5.41) is 3.78. The minimum Gasteiger partial charge on any atom is -0.422 e. The van der Waals surface area contributed by atoms with Gasteiger partial charge in [-0.1, -0.05) is 30.3 Å². The van der Waals surface area contributed by atoms with Crippen LogP contribution in [-0.2, 0) is 0 Å². The van der Waals surface area contributed by atoms with Crippen molar-refractivity contribution in [1.29, 1.82) is 0 Å². The second kappa shape index (κ2) is 7.59. The lowest BCUT2D eigenvalue weighted by Gasteiger charge is -2.09. The summed E-state index contributed by atoms with van der Waals surface area (Å²) in [4.78, 5) is 24.9. The molecule has 0 bridgehead atoms. The smallest absolute Gasteiger partial charge is 0.344 e. The van der Waals surface area contributed by atoms with E-state index in [1.807, 2.05) is 49.4 Å². The van der Waals surface area contributed by atoms with Gasteiger partial charge in [0.15, 0.2) is 0 Å². The maximum absolute atomic E-state index is 12.5. The van der Waals surface area contributed by atoms with Crippen molar-refractivity contribution in [3.05, 3.63) is 97.9 Å². The van der Waals surface area contributed by atoms with Gasteiger partial charge >= 0.3 is 5.63 Å². The Morgan fingerprint density at radius 2 is 1.71 bits per heavy atom. The Labute approximate surface area is 175 Å². The van der Waals surface area contributed by atoms with E-state index < -0.39 is 5.63 Å². The molecule has 0 radical (unpaired) electrons. The second-order valence-corrected chi connectivity index (χ2v) is 7.72. The van der Waals surface area contributed by atoms with Crippen LogP contribution in [0, 0.1) is 10.5 Å². The first-order chi connectivity index (χ1) is 13.5. The highest BCUT2D eigenvalue weighted by atomic mass is 127. The molecule has 0 aliphatic rings. The molecule has 0 aliphatic heterocycles. The van der Waals surface area contributed by atoms with Crippen LogP contribution < -0.4 is 10.9 Å². The van der Waals surface area contributed by atoms with Gasteiger partial charge in [0.2, 0.25) is 0 Å². The van der Waals surface area contributed by atoms with E-state index in [4.69, 9.17) is 4.42 Å². The Bertz CT molecular complexity index is 1240. The van der Waals surface area contributed by atoms with E-state index in [1.54, 1.807) is 30.3 Å². The molecule has 0 saturated heterocycles. The van der Waals surface area contributed by atoms with E-state index in [0.717, 1.165) is 20.2 Å². The summed E-state index contributed by atoms with van der Waals surface area (Å²) in [6.45, 7) is 1.96. The zero-order chi connectivity index (χ0) is 19.7. The van der Waals surface area contributed by atoms with E-state index in [2.05, 4.69) is 27.9 Å². The van der Waals surface area contributed by atoms with Crippen LogP contribution in [0.3, 0.4) is 0 Å². The Morgan fingerprint density at radius 1 is 0.964 bits per heavy atom. The fourth-order valence-corrected chi connectivity index (χ4v) is 3.67. The van der Waals surface area contributed by atoms with Crippen LogP contribution in [0.5, 0.6) is 0 Å². The van der Waals surface area contributed by atoms with E-state index in [0.29, 0.717) is 22.3 Å². The van der Waals surface area contributed by atoms with Crippen LogP contribution in [0.1, 0.15) is 15.9 Å². The second-order valence-electron chi connectivity index (χ2n) is 6.48. The van der Waals surface area contributed by atoms with Crippen LogP contribution in [0.2, 0.25) is 0 Å². The van der Waals surface area contributed by atoms with Crippen LogP contribution in [-0.4, -0.2) is 5.91 Å². The number of carbonyl (C=O) groups excluding carboxylic acids is 1. The third-order valence-electron chi connectivity index (χ3n) is 4.54. The lowest BCUT2D eigenvalue weighted by molar-refractivity contribution is 0.102. The number of benzene rings is 3. The molecule has 1 aromatic heterocycles. The topological polar surface area (TPSA) is 59.3 Å². The van der Waals surface area contributed by atoms with Crippen molar-refractivity contribution in [1.82, 2.24) is 0 Å². The van der Waals surface area contributed by atoms with Crippen molar-refractivity contribution in [3.8, 4) is 11.1 Å². The normalized spacial score (nSPS) is 10.8. The summed E-state index contributed by atoms with van der Waals surface area (Å²) < 4.78 is 6.51. The molecule has 0 spiro atoms. The number of hydrogen-bond acceptors (Lipinski definition) is 3. The highest BCUT2D eigenvalue weighted by Crippen LogP contribution is 2.22. The van der Waals surface area contributed by atoms with Gasteiger partial charge in [0.1, 0.15) is 5.58 Å². The molecular formula is C23H16INO3. The van der Waals surface area contributed by atoms with Gasteiger partial charge in [0, 0.05) is 20.2 Å². The molecule has 0 fully saturated rings. The Kier molecular flexibility index (Phi) is 5.00. The van der Waals surface area contributed by atoms with E-state index in [1.165, 1.54) is 0 Å². The van der Waals surface area contributed by atoms with Crippen molar-refractivity contribution in [2.75, 3.05) is 5.32 Å². The highest BCUT2D eigenvalue weighted by molar-refractivity contribution is 14.1. The van der Waals surface area contributed by atoms with Gasteiger partial charge in [0.05, 0.1) is 5.56 Å². The van der Waals surface area contributed by atoms with Gasteiger partial charge in [0.25, 0.3) is 5.91 Å². The number of amides is 1. The van der Waals surface area contributed by atoms with E-state index in [-0.39, 0.29) is 5.91 Å². The monoisotopic (exact) mass is 481 g/mol. The van der Waals surface area contributed by atoms with Crippen LogP contribution in [0.25, 0.3) is 22.1 Å². The van der Waals surface area contributed by atoms with Crippen molar-refractivity contribution in [2.45, 2.75) is 6.92 Å². The van der Waals surface area contributed by atoms with Crippen LogP contribution in [0.15, 0.2) is 82.0 Å². The summed E-state index contributed by atoms with van der Waals surface area (Å²) in [5.41, 5.74) is 3.65. The van der Waals surface area contributed by atoms with Crippen molar-refractivity contribution < 1.29 is 9.21 Å². The first-order valence-electron chi connectivity index (χ1n) is 8.72. The number of fused-ring (bicyclic) bond motifs is 1. The molecule has 0 aliphatic carbocycles. The van der Waals surface area contributed by atoms with E-state index >= 15 is 0 Å². The molecule has 0 saturated carbocycles. The molecule has 1 amide bonds. The molecular weight excluding hydrogens is 465 g/mol. The number of halogens is 1. The fraction of sp³-hybridized carbons (Fsp3) is 0.0435. The molecule has 3 aromatic carbocycles. The number of aryl methyl sites for hydroxylation is 1. The lowest BCUT2D eigenvalue weighted by Crippen LogP contribution is -2.12. The average molecular weight is 481 g/mol. The molecule has 138 valence electrons. The van der Waals surface area contributed by atoms with Gasteiger partial charge in [-0.25, -0.2) is 4.79 Å². The number of anilines is 1. The third-order valence-corrected chi connectivity index (χ3v) is 5.21. The number of nitrogens with one attached hydrogen (secondary N) is 1. The molecule has 1 heterocycles. The molecule has 4 nitrogen and oxygen atoms in total. The van der Waals surface area contributed by atoms with Gasteiger partial charge in [-0.15, -0.1) is 0 Å². The first kappa shape index (κ1) is 18.4. The molecule has 0 atom stereocenters. The summed E-state index contributed by atoms with van der Waals surface area (Å²) in [6.07, 6.45) is 0. The predicted octanol–water partition coefficient (Wildman–Crippen LogP) is 5.63. The summed E-state index contributed by atoms with van der Waals surface area (Å²) >= 11 is 2.24. The van der Waals surface area contributed by atoms with Crippen LogP contribution in [0.4, 0.5) is 5.69 Å². The Hall–Kier alpha value is -2.93. The average Bonchev–Trinajstić information content (AvgIpc) is 2.69. The van der Waals surface area contributed by atoms with Crippen molar-refractivity contribution in [2.24, 2.45) is 0 Å². The van der Waals surface area contributed by atoms with Crippen molar-refractivity contribution >= 4 is 45.2 Å². The number of para-hydroxylation sites is 1. The standard InChI is InChI=1S/C23H16INO3/c1-14-12-18(24)10-11-20(14)25-22(26)16-8-6-15(7-9-16)19-13-17-4-2-3-5-21(17)28-23(19)27/h2-13H,1H3,(H,25,26). The molecule has 1 N–H and O–H groups in total. The minimum atomic E-state index is -0.398. The molecule has 0 unspecified atom stereocenters. The summed E-state index contributed by atoms with van der Waals surface area (Å²) in [5.74, 6) is -0.193. The van der Waals surface area contributed by atoms with Crippen LogP contribution >= 0.6 is 22.6 Å². The molecule has 5 heteroatoms. The van der Waals surface area contributed by atoms with Crippen molar-refractivity contribution in [3.63, 3.8) is 0 Å². The maximum atomic E-state index is 12.5. The van der Waals surface area contributed by atoms with Gasteiger partial charge in [-0.05, 0) is 83.1 Å². The van der Waals surface area contributed by atoms with E-state index in [9.17, 15) is 9.59 Å². The Balaban J connectivity index is 1.61. The number of rotatable bonds is 3. The highest BCUT2D eigenvalue weighted by Gasteiger charge is 2.11. The minimum absolute atomic E-state index is 0.193. The molecule has 4 aromatic rings. The lowest BCUT2D eigenvalue weighted by atomic mass is 10.0. The molecule has 4 rings (SSSR count). The maximum Gasteiger partial charge on any atom is 0.344 e. The van der Waals surface area contributed by atoms with Gasteiger partial charge in [-0.3, -0.25) is 4.79 Å². The Morgan fingerprint density at radius 3 is 2.46 bits per heavy atom. The first-order valence-corrected chi connectivity index (χ1v) is 9.80. The SMILES string of the molecule is Cc1cc(I)ccc1NC(=O)c1ccc(-c2cc3ccccc3oc2=O)cc1. The number of carbonyl (C=O) groups is 1.